The van der Waals surface area contributed by atoms with E-state index < -0.39 is 11.6 Å². The van der Waals surface area contributed by atoms with Crippen molar-refractivity contribution in [3.63, 3.8) is 0 Å². The minimum Gasteiger partial charge on any atom is -0.392 e. The average Bonchev–Trinajstić information content (AvgIpc) is 2.14. The largest absolute Gasteiger partial charge is 0.392 e. The van der Waals surface area contributed by atoms with E-state index in [-0.39, 0.29) is 11.7 Å². The summed E-state index contributed by atoms with van der Waals surface area (Å²) < 4.78 is 0. The molecule has 0 heterocycles. The van der Waals surface area contributed by atoms with Crippen LogP contribution in [-0.2, 0) is 4.79 Å². The number of ketones is 1. The molecular formula is C10H15N3O2. The van der Waals surface area contributed by atoms with E-state index in [4.69, 9.17) is 5.53 Å². The second-order valence-electron chi connectivity index (χ2n) is 4.26. The average molecular weight is 209 g/mol. The van der Waals surface area contributed by atoms with Gasteiger partial charge in [0, 0.05) is 11.3 Å². The Hall–Kier alpha value is -1.32. The van der Waals surface area contributed by atoms with Gasteiger partial charge in [-0.15, -0.1) is 0 Å². The monoisotopic (exact) mass is 209 g/mol. The highest BCUT2D eigenvalue weighted by Gasteiger charge is 2.45. The van der Waals surface area contributed by atoms with Gasteiger partial charge in [-0.05, 0) is 31.7 Å². The zero-order valence-electron chi connectivity index (χ0n) is 8.97. The minimum atomic E-state index is -1.30. The van der Waals surface area contributed by atoms with Gasteiger partial charge in [0.15, 0.2) is 0 Å². The summed E-state index contributed by atoms with van der Waals surface area (Å²) in [6.45, 7) is 7.09. The first-order chi connectivity index (χ1) is 6.91. The number of azide groups is 1. The van der Waals surface area contributed by atoms with E-state index in [2.05, 4.69) is 16.6 Å². The van der Waals surface area contributed by atoms with Gasteiger partial charge in [0.05, 0.1) is 6.10 Å². The third kappa shape index (κ3) is 2.03. The van der Waals surface area contributed by atoms with Crippen molar-refractivity contribution in [1.82, 2.24) is 0 Å². The first-order valence-electron chi connectivity index (χ1n) is 4.85. The Labute approximate surface area is 88.4 Å². The predicted molar refractivity (Wildman–Crippen MR) is 56.1 cm³/mol. The van der Waals surface area contributed by atoms with Crippen LogP contribution in [0.25, 0.3) is 10.4 Å². The van der Waals surface area contributed by atoms with Crippen LogP contribution in [-0.4, -0.2) is 22.5 Å². The van der Waals surface area contributed by atoms with E-state index in [1.807, 2.05) is 6.92 Å². The maximum Gasteiger partial charge on any atom is 0.147 e. The lowest BCUT2D eigenvalue weighted by Gasteiger charge is -2.37. The minimum absolute atomic E-state index is 0.00512. The fraction of sp³-hybridized carbons (Fsp3) is 0.700. The highest BCUT2D eigenvalue weighted by molar-refractivity contribution is 5.90. The van der Waals surface area contributed by atoms with Crippen LogP contribution in [0.4, 0.5) is 0 Å². The third-order valence-corrected chi connectivity index (χ3v) is 3.10. The van der Waals surface area contributed by atoms with Crippen molar-refractivity contribution in [3.8, 4) is 0 Å². The number of allylic oxidation sites excluding steroid dienone is 1. The standard InChI is InChI=1S/C10H15N3O2/c1-6(2)7-4-8(14)10(3,12-13-11)9(15)5-7/h7-8,14H,1,4-5H2,2-3H3/t7-,8-,10+/m1/s1. The van der Waals surface area contributed by atoms with Gasteiger partial charge in [-0.1, -0.05) is 17.3 Å². The number of carbonyl (C=O) groups is 1. The molecule has 0 spiro atoms. The number of aliphatic hydroxyl groups is 1. The Morgan fingerprint density at radius 3 is 2.80 bits per heavy atom. The Bertz CT molecular complexity index is 347. The van der Waals surface area contributed by atoms with Gasteiger partial charge < -0.3 is 5.11 Å². The Balaban J connectivity index is 2.95. The maximum absolute atomic E-state index is 11.8. The first kappa shape index (κ1) is 11.8. The Morgan fingerprint density at radius 2 is 2.40 bits per heavy atom. The SMILES string of the molecule is C=C(C)[C@H]1CC(=O)[C@@](C)(N=[N+]=[N-])[C@H](O)C1. The van der Waals surface area contributed by atoms with Gasteiger partial charge >= 0.3 is 0 Å². The summed E-state index contributed by atoms with van der Waals surface area (Å²) in [6, 6.07) is 0. The number of rotatable bonds is 2. The molecular weight excluding hydrogens is 194 g/mol. The zero-order valence-corrected chi connectivity index (χ0v) is 8.97. The lowest BCUT2D eigenvalue weighted by atomic mass is 9.73. The molecule has 1 aliphatic carbocycles. The summed E-state index contributed by atoms with van der Waals surface area (Å²) in [6.07, 6.45) is -0.199. The molecule has 0 aliphatic heterocycles. The van der Waals surface area contributed by atoms with E-state index in [0.29, 0.717) is 12.8 Å². The number of carbonyl (C=O) groups excluding carboxylic acids is 1. The topological polar surface area (TPSA) is 86.1 Å². The third-order valence-electron chi connectivity index (χ3n) is 3.10. The fourth-order valence-electron chi connectivity index (χ4n) is 1.79. The highest BCUT2D eigenvalue weighted by atomic mass is 16.3. The van der Waals surface area contributed by atoms with Gasteiger partial charge in [-0.3, -0.25) is 4.79 Å². The molecule has 0 unspecified atom stereocenters. The van der Waals surface area contributed by atoms with E-state index in [1.165, 1.54) is 6.92 Å². The molecule has 0 amide bonds. The molecule has 0 aromatic rings. The Morgan fingerprint density at radius 1 is 1.80 bits per heavy atom. The molecule has 1 aliphatic rings. The molecule has 5 nitrogen and oxygen atoms in total. The van der Waals surface area contributed by atoms with Crippen LogP contribution < -0.4 is 0 Å². The van der Waals surface area contributed by atoms with Crippen LogP contribution in [0.15, 0.2) is 17.3 Å². The summed E-state index contributed by atoms with van der Waals surface area (Å²) in [5.41, 5.74) is 7.95. The van der Waals surface area contributed by atoms with Crippen LogP contribution >= 0.6 is 0 Å². The predicted octanol–water partition coefficient (Wildman–Crippen LogP) is 1.97. The smallest absolute Gasteiger partial charge is 0.147 e. The molecule has 0 radical (unpaired) electrons. The van der Waals surface area contributed by atoms with Crippen molar-refractivity contribution in [2.75, 3.05) is 0 Å². The lowest BCUT2D eigenvalue weighted by molar-refractivity contribution is -0.132. The normalized spacial score (nSPS) is 35.8. The number of Topliss-reactive ketones (excluding diaryl/α,β-unsaturated/α-hetero) is 1. The molecule has 1 rings (SSSR count). The van der Waals surface area contributed by atoms with Crippen LogP contribution in [0.5, 0.6) is 0 Å². The summed E-state index contributed by atoms with van der Waals surface area (Å²) in [5, 5.41) is 13.2. The lowest BCUT2D eigenvalue weighted by Crippen LogP contribution is -2.50. The van der Waals surface area contributed by atoms with E-state index >= 15 is 0 Å². The molecule has 82 valence electrons. The van der Waals surface area contributed by atoms with Crippen molar-refractivity contribution < 1.29 is 9.90 Å². The molecule has 15 heavy (non-hydrogen) atoms. The number of hydrogen-bond acceptors (Lipinski definition) is 3. The molecule has 0 saturated heterocycles. The van der Waals surface area contributed by atoms with E-state index in [0.717, 1.165) is 5.57 Å². The summed E-state index contributed by atoms with van der Waals surface area (Å²) in [4.78, 5) is 14.4. The van der Waals surface area contributed by atoms with Crippen LogP contribution in [0.2, 0.25) is 0 Å². The molecule has 3 atom stereocenters. The summed E-state index contributed by atoms with van der Waals surface area (Å²) in [5.74, 6) is -0.221. The molecule has 1 N–H and O–H groups in total. The molecule has 0 aromatic carbocycles. The fourth-order valence-corrected chi connectivity index (χ4v) is 1.79. The number of hydrogen-bond donors (Lipinski definition) is 1. The Kier molecular flexibility index (Phi) is 3.17. The quantitative estimate of drug-likeness (QED) is 0.326. The molecule has 5 heteroatoms. The van der Waals surface area contributed by atoms with Gasteiger partial charge in [0.25, 0.3) is 0 Å². The van der Waals surface area contributed by atoms with Crippen molar-refractivity contribution in [3.05, 3.63) is 22.6 Å². The van der Waals surface area contributed by atoms with Crippen molar-refractivity contribution in [2.24, 2.45) is 11.0 Å². The number of aliphatic hydroxyl groups excluding tert-OH is 1. The van der Waals surface area contributed by atoms with Crippen molar-refractivity contribution in [2.45, 2.75) is 38.3 Å². The first-order valence-corrected chi connectivity index (χ1v) is 4.85. The van der Waals surface area contributed by atoms with Crippen LogP contribution in [0.3, 0.4) is 0 Å². The van der Waals surface area contributed by atoms with Gasteiger partial charge in [0.2, 0.25) is 0 Å². The van der Waals surface area contributed by atoms with Crippen LogP contribution in [0, 0.1) is 5.92 Å². The van der Waals surface area contributed by atoms with Crippen LogP contribution in [0.1, 0.15) is 26.7 Å². The van der Waals surface area contributed by atoms with Crippen molar-refractivity contribution >= 4 is 5.78 Å². The van der Waals surface area contributed by atoms with Gasteiger partial charge in [-0.2, -0.15) is 0 Å². The van der Waals surface area contributed by atoms with Gasteiger partial charge in [0.1, 0.15) is 11.3 Å². The zero-order chi connectivity index (χ0) is 11.6. The van der Waals surface area contributed by atoms with E-state index in [1.54, 1.807) is 0 Å². The second-order valence-corrected chi connectivity index (χ2v) is 4.26. The van der Waals surface area contributed by atoms with Gasteiger partial charge in [-0.25, -0.2) is 0 Å². The van der Waals surface area contributed by atoms with E-state index in [9.17, 15) is 9.90 Å². The highest BCUT2D eigenvalue weighted by Crippen LogP contribution is 2.35. The van der Waals surface area contributed by atoms with Crippen molar-refractivity contribution in [1.29, 1.82) is 0 Å². The molecule has 1 saturated carbocycles. The number of nitrogens with zero attached hydrogens (tertiary/aromatic N) is 3. The summed E-state index contributed by atoms with van der Waals surface area (Å²) >= 11 is 0. The summed E-state index contributed by atoms with van der Waals surface area (Å²) in [7, 11) is 0. The molecule has 1 fully saturated rings. The maximum atomic E-state index is 11.8. The second kappa shape index (κ2) is 4.04. The molecule has 0 bridgehead atoms. The molecule has 0 aromatic heterocycles.